The summed E-state index contributed by atoms with van der Waals surface area (Å²) in [6.07, 6.45) is 0. The van der Waals surface area contributed by atoms with Crippen LogP contribution in [0.25, 0.3) is 22.3 Å². The van der Waals surface area contributed by atoms with Crippen LogP contribution in [0.5, 0.6) is 5.75 Å². The Morgan fingerprint density at radius 3 is 2.04 bits per heavy atom. The van der Waals surface area contributed by atoms with E-state index < -0.39 is 15.7 Å². The van der Waals surface area contributed by atoms with Gasteiger partial charge in [-0.3, -0.25) is 10.1 Å². The number of hydrogen-bond acceptors (Lipinski definition) is 3. The molecule has 0 radical (unpaired) electrons. The maximum absolute atomic E-state index is 14.4. The van der Waals surface area contributed by atoms with Gasteiger partial charge in [0.2, 0.25) is 0 Å². The number of non-ortho nitro benzene ring substituents is 1. The second kappa shape index (κ2) is 12.5. The highest BCUT2D eigenvalue weighted by atomic mass is 79.9. The third-order valence-corrected chi connectivity index (χ3v) is 9.61. The predicted octanol–water partition coefficient (Wildman–Crippen LogP) is 10.8. The molecule has 7 heteroatoms. The SMILES string of the molecule is COc1ccccc1C1(Cl)C(c2ccccc2)=C(c2ccc(F)cc2)C(c2ccc(Br)cc2)=C(c2cccc([N+](=O)[O-])c2)C1C. The highest BCUT2D eigenvalue weighted by Crippen LogP contribution is 2.63. The van der Waals surface area contributed by atoms with Crippen molar-refractivity contribution in [3.05, 3.63) is 176 Å². The molecular formula is C38H28BrClFNO3. The number of ether oxygens (including phenoxy) is 1. The van der Waals surface area contributed by atoms with Crippen molar-refractivity contribution < 1.29 is 14.1 Å². The third-order valence-electron chi connectivity index (χ3n) is 8.36. The Kier molecular flexibility index (Phi) is 8.45. The lowest BCUT2D eigenvalue weighted by atomic mass is 9.63. The van der Waals surface area contributed by atoms with Crippen molar-refractivity contribution in [1.29, 1.82) is 0 Å². The molecule has 5 aromatic carbocycles. The summed E-state index contributed by atoms with van der Waals surface area (Å²) in [6, 6.07) is 38.6. The van der Waals surface area contributed by atoms with E-state index in [0.717, 1.165) is 49.0 Å². The lowest BCUT2D eigenvalue weighted by Gasteiger charge is -2.45. The van der Waals surface area contributed by atoms with E-state index in [-0.39, 0.29) is 11.5 Å². The smallest absolute Gasteiger partial charge is 0.270 e. The van der Waals surface area contributed by atoms with E-state index in [1.165, 1.54) is 18.2 Å². The summed E-state index contributed by atoms with van der Waals surface area (Å²) in [7, 11) is 1.62. The molecule has 0 saturated carbocycles. The van der Waals surface area contributed by atoms with Crippen LogP contribution in [0.1, 0.15) is 34.7 Å². The number of nitro groups is 1. The second-order valence-electron chi connectivity index (χ2n) is 10.9. The van der Waals surface area contributed by atoms with Crippen LogP contribution in [0.15, 0.2) is 132 Å². The number of nitrogens with zero attached hydrogens (tertiary/aromatic N) is 1. The monoisotopic (exact) mass is 679 g/mol. The van der Waals surface area contributed by atoms with Crippen molar-refractivity contribution in [3.63, 3.8) is 0 Å². The third kappa shape index (κ3) is 5.49. The summed E-state index contributed by atoms with van der Waals surface area (Å²) in [5.74, 6) is -0.188. The molecule has 0 spiro atoms. The van der Waals surface area contributed by atoms with Crippen molar-refractivity contribution in [3.8, 4) is 5.75 Å². The first kappa shape index (κ1) is 30.5. The lowest BCUT2D eigenvalue weighted by molar-refractivity contribution is -0.384. The Morgan fingerprint density at radius 1 is 0.778 bits per heavy atom. The average molecular weight is 681 g/mol. The molecule has 224 valence electrons. The van der Waals surface area contributed by atoms with Gasteiger partial charge >= 0.3 is 0 Å². The van der Waals surface area contributed by atoms with Crippen LogP contribution in [0.3, 0.4) is 0 Å². The summed E-state index contributed by atoms with van der Waals surface area (Å²) in [5.41, 5.74) is 7.20. The number of nitro benzene ring substituents is 1. The molecule has 0 saturated heterocycles. The molecule has 2 atom stereocenters. The van der Waals surface area contributed by atoms with E-state index in [2.05, 4.69) is 22.9 Å². The molecule has 2 unspecified atom stereocenters. The molecule has 1 aliphatic rings. The maximum Gasteiger partial charge on any atom is 0.270 e. The quantitative estimate of drug-likeness (QED) is 0.0977. The largest absolute Gasteiger partial charge is 0.496 e. The standard InChI is InChI=1S/C38H28BrClFNO3/c1-24-34(28-11-8-12-31(23-28)42(43)44)35(25-15-19-29(39)20-16-25)36(26-17-21-30(41)22-18-26)37(27-9-4-3-5-10-27)38(24,40)32-13-6-7-14-33(32)45-2/h3-24H,1-2H3. The Bertz CT molecular complexity index is 1960. The maximum atomic E-state index is 14.4. The van der Waals surface area contributed by atoms with Crippen LogP contribution in [-0.2, 0) is 4.87 Å². The van der Waals surface area contributed by atoms with Crippen LogP contribution in [-0.4, -0.2) is 12.0 Å². The number of rotatable bonds is 7. The molecule has 5 aromatic rings. The zero-order valence-electron chi connectivity index (χ0n) is 24.5. The minimum atomic E-state index is -1.23. The molecule has 45 heavy (non-hydrogen) atoms. The predicted molar refractivity (Wildman–Crippen MR) is 183 cm³/mol. The van der Waals surface area contributed by atoms with Gasteiger partial charge in [-0.2, -0.15) is 0 Å². The minimum absolute atomic E-state index is 0.0269. The van der Waals surface area contributed by atoms with Gasteiger partial charge in [-0.05, 0) is 74.9 Å². The van der Waals surface area contributed by atoms with Gasteiger partial charge in [0.05, 0.1) is 12.0 Å². The summed E-state index contributed by atoms with van der Waals surface area (Å²) < 4.78 is 21.2. The summed E-state index contributed by atoms with van der Waals surface area (Å²) in [6.45, 7) is 2.05. The highest BCUT2D eigenvalue weighted by Gasteiger charge is 2.50. The van der Waals surface area contributed by atoms with Crippen molar-refractivity contribution in [2.75, 3.05) is 7.11 Å². The first-order valence-corrected chi connectivity index (χ1v) is 15.5. The van der Waals surface area contributed by atoms with Crippen molar-refractivity contribution >= 4 is 55.5 Å². The average Bonchev–Trinajstić information content (AvgIpc) is 3.07. The molecule has 6 rings (SSSR count). The van der Waals surface area contributed by atoms with Crippen LogP contribution >= 0.6 is 27.5 Å². The Balaban J connectivity index is 1.86. The van der Waals surface area contributed by atoms with E-state index in [4.69, 9.17) is 16.3 Å². The molecule has 4 nitrogen and oxygen atoms in total. The number of allylic oxidation sites excluding steroid dienone is 4. The number of hydrogen-bond donors (Lipinski definition) is 0. The molecule has 0 heterocycles. The van der Waals surface area contributed by atoms with Crippen LogP contribution < -0.4 is 4.74 Å². The topological polar surface area (TPSA) is 52.4 Å². The van der Waals surface area contributed by atoms with E-state index in [9.17, 15) is 14.5 Å². The number of benzene rings is 5. The molecule has 0 amide bonds. The van der Waals surface area contributed by atoms with Crippen molar-refractivity contribution in [2.24, 2.45) is 5.92 Å². The fourth-order valence-corrected chi connectivity index (χ4v) is 7.08. The lowest BCUT2D eigenvalue weighted by Crippen LogP contribution is -2.35. The number of methoxy groups -OCH3 is 1. The van der Waals surface area contributed by atoms with Crippen LogP contribution in [0.4, 0.5) is 10.1 Å². The van der Waals surface area contributed by atoms with Gasteiger partial charge < -0.3 is 4.74 Å². The molecule has 0 aliphatic heterocycles. The van der Waals surface area contributed by atoms with E-state index in [1.807, 2.05) is 84.9 Å². The second-order valence-corrected chi connectivity index (χ2v) is 12.4. The van der Waals surface area contributed by atoms with Gasteiger partial charge in [0.15, 0.2) is 0 Å². The number of alkyl halides is 1. The van der Waals surface area contributed by atoms with E-state index >= 15 is 0 Å². The van der Waals surface area contributed by atoms with E-state index in [1.54, 1.807) is 31.4 Å². The summed E-state index contributed by atoms with van der Waals surface area (Å²) >= 11 is 11.7. The first-order chi connectivity index (χ1) is 21.7. The Labute approximate surface area is 274 Å². The molecule has 0 aromatic heterocycles. The Hall–Kier alpha value is -4.52. The van der Waals surface area contributed by atoms with Crippen molar-refractivity contribution in [2.45, 2.75) is 11.8 Å². The number of para-hydroxylation sites is 1. The zero-order chi connectivity index (χ0) is 31.7. The van der Waals surface area contributed by atoms with Gasteiger partial charge in [0, 0.05) is 28.1 Å². The van der Waals surface area contributed by atoms with Crippen LogP contribution in [0, 0.1) is 21.8 Å². The summed E-state index contributed by atoms with van der Waals surface area (Å²) in [5, 5.41) is 12.0. The molecule has 1 aliphatic carbocycles. The molecule has 0 fully saturated rings. The molecular weight excluding hydrogens is 653 g/mol. The molecule has 0 N–H and O–H groups in total. The van der Waals surface area contributed by atoms with Gasteiger partial charge in [-0.25, -0.2) is 4.39 Å². The zero-order valence-corrected chi connectivity index (χ0v) is 26.8. The summed E-state index contributed by atoms with van der Waals surface area (Å²) in [4.78, 5) is 10.4. The first-order valence-electron chi connectivity index (χ1n) is 14.4. The Morgan fingerprint density at radius 2 is 1.38 bits per heavy atom. The van der Waals surface area contributed by atoms with Gasteiger partial charge in [-0.1, -0.05) is 108 Å². The number of halogens is 3. The normalized spacial score (nSPS) is 18.2. The van der Waals surface area contributed by atoms with Crippen molar-refractivity contribution in [1.82, 2.24) is 0 Å². The van der Waals surface area contributed by atoms with E-state index in [0.29, 0.717) is 11.3 Å². The van der Waals surface area contributed by atoms with Crippen LogP contribution in [0.2, 0.25) is 0 Å². The highest BCUT2D eigenvalue weighted by molar-refractivity contribution is 9.10. The van der Waals surface area contributed by atoms with Gasteiger partial charge in [0.25, 0.3) is 5.69 Å². The molecule has 0 bridgehead atoms. The fraction of sp³-hybridized carbons (Fsp3) is 0.105. The van der Waals surface area contributed by atoms with Gasteiger partial charge in [0.1, 0.15) is 16.4 Å². The fourth-order valence-electron chi connectivity index (χ4n) is 6.35. The minimum Gasteiger partial charge on any atom is -0.496 e. The van der Waals surface area contributed by atoms with Gasteiger partial charge in [-0.15, -0.1) is 11.6 Å².